The number of aliphatic hydroxyl groups is 5. The van der Waals surface area contributed by atoms with Gasteiger partial charge in [0, 0.05) is 0 Å². The highest BCUT2D eigenvalue weighted by molar-refractivity contribution is 5.81. The van der Waals surface area contributed by atoms with Gasteiger partial charge in [0.1, 0.15) is 30.5 Å². The molecule has 0 radical (unpaired) electrons. The molecule has 2 heterocycles. The lowest BCUT2D eigenvalue weighted by Gasteiger charge is -2.64. The van der Waals surface area contributed by atoms with Crippen LogP contribution in [0.15, 0.2) is 0 Å². The smallest absolute Gasteiger partial charge is 0.310 e. The second-order valence-electron chi connectivity index (χ2n) is 17.6. The van der Waals surface area contributed by atoms with Gasteiger partial charge in [-0.1, -0.05) is 27.7 Å². The molecule has 6 fully saturated rings. The van der Waals surface area contributed by atoms with E-state index in [-0.39, 0.29) is 46.7 Å². The van der Waals surface area contributed by atoms with E-state index in [4.69, 9.17) is 14.2 Å². The van der Waals surface area contributed by atoms with Gasteiger partial charge in [-0.2, -0.15) is 0 Å². The Kier molecular flexibility index (Phi) is 8.13. The number of carboxylic acids is 1. The molecule has 11 nitrogen and oxygen atoms in total. The van der Waals surface area contributed by atoms with Crippen LogP contribution in [0.5, 0.6) is 0 Å². The van der Waals surface area contributed by atoms with E-state index in [1.54, 1.807) is 0 Å². The van der Waals surface area contributed by atoms with E-state index in [1.807, 2.05) is 20.8 Å². The minimum atomic E-state index is -1.45. The van der Waals surface area contributed by atoms with Gasteiger partial charge in [0.2, 0.25) is 0 Å². The van der Waals surface area contributed by atoms with E-state index in [9.17, 15) is 40.2 Å². The van der Waals surface area contributed by atoms with Crippen molar-refractivity contribution in [3.8, 4) is 0 Å². The molecule has 0 aromatic carbocycles. The second kappa shape index (κ2) is 10.8. The van der Waals surface area contributed by atoms with Gasteiger partial charge in [-0.05, 0) is 112 Å². The molecule has 6 N–H and O–H groups in total. The summed E-state index contributed by atoms with van der Waals surface area (Å²) in [5.74, 6) is -2.12. The minimum Gasteiger partial charge on any atom is -0.481 e. The van der Waals surface area contributed by atoms with Crippen LogP contribution in [0, 0.1) is 50.7 Å². The van der Waals surface area contributed by atoms with E-state index < -0.39 is 71.1 Å². The van der Waals surface area contributed by atoms with Crippen molar-refractivity contribution in [2.24, 2.45) is 50.7 Å². The largest absolute Gasteiger partial charge is 0.481 e. The van der Waals surface area contributed by atoms with E-state index in [2.05, 4.69) is 13.8 Å². The predicted molar refractivity (Wildman–Crippen MR) is 164 cm³/mol. The van der Waals surface area contributed by atoms with E-state index in [0.29, 0.717) is 25.7 Å². The normalized spacial score (nSPS) is 52.4. The lowest BCUT2D eigenvalue weighted by atomic mass is 9.39. The third-order valence-electron chi connectivity index (χ3n) is 14.8. The molecule has 4 saturated carbocycles. The number of carbonyl (C=O) groups excluding carboxylic acids is 1. The monoisotopic (exact) mass is 652 g/mol. The predicted octanol–water partition coefficient (Wildman–Crippen LogP) is 2.62. The summed E-state index contributed by atoms with van der Waals surface area (Å²) in [7, 11) is 0. The number of aliphatic carboxylic acids is 1. The molecule has 0 aromatic rings. The number of esters is 1. The van der Waals surface area contributed by atoms with Crippen LogP contribution in [0.4, 0.5) is 0 Å². The van der Waals surface area contributed by atoms with Crippen molar-refractivity contribution >= 4 is 11.9 Å². The van der Waals surface area contributed by atoms with Gasteiger partial charge < -0.3 is 44.8 Å². The fourth-order valence-corrected chi connectivity index (χ4v) is 12.1. The van der Waals surface area contributed by atoms with Gasteiger partial charge in [0.15, 0.2) is 6.29 Å². The van der Waals surface area contributed by atoms with Gasteiger partial charge in [-0.3, -0.25) is 9.59 Å². The highest BCUT2D eigenvalue weighted by atomic mass is 16.7. The number of carboxylic acid groups (broad SMARTS) is 1. The summed E-state index contributed by atoms with van der Waals surface area (Å²) in [5.41, 5.74) is -4.02. The first-order valence-electron chi connectivity index (χ1n) is 17.3. The van der Waals surface area contributed by atoms with Crippen molar-refractivity contribution in [2.45, 2.75) is 148 Å². The maximum atomic E-state index is 13.8. The Labute approximate surface area is 272 Å². The molecule has 2 saturated heterocycles. The van der Waals surface area contributed by atoms with Gasteiger partial charge in [0.25, 0.3) is 0 Å². The highest BCUT2D eigenvalue weighted by Crippen LogP contribution is 2.88. The minimum absolute atomic E-state index is 0.0420. The first-order chi connectivity index (χ1) is 21.2. The van der Waals surface area contributed by atoms with E-state index in [1.165, 1.54) is 13.8 Å². The Balaban J connectivity index is 1.25. The van der Waals surface area contributed by atoms with Crippen molar-refractivity contribution in [3.63, 3.8) is 0 Å². The molecule has 0 amide bonds. The fraction of sp³-hybridized carbons (Fsp3) is 0.943. The highest BCUT2D eigenvalue weighted by Gasteiger charge is 2.83. The zero-order valence-electron chi connectivity index (χ0n) is 28.4. The van der Waals surface area contributed by atoms with Crippen molar-refractivity contribution in [1.29, 1.82) is 0 Å². The molecule has 6 rings (SSSR count). The number of ether oxygens (including phenoxy) is 3. The standard InChI is InChI=1S/C35H56O11/c1-17-14-19(26(39)31(4,5)43)45-27(40)23(17)32(6)12-13-35-16-34(35)11-10-22(46-28-25(38)24(37)18(36)15-44-28)30(2,3)20(34)8-9-21(35)33(32,7)29(41)42/h17-26,28,36-39,43H,8-16H2,1-7H3,(H,41,42)/t17-,18-,19-,20+,21+,22+,23+,24+,25-,26+,28+,32-,33-,34-,35+/m1/s1. The quantitative estimate of drug-likeness (QED) is 0.183. The summed E-state index contributed by atoms with van der Waals surface area (Å²) >= 11 is 0. The SMILES string of the molecule is C[C@@H]1C[C@H]([C@H](O)C(C)(C)O)OC(=O)[C@H]1[C@@]1(C)CC[C@@]23C[C@@]24CC[C@H](O[C@@H]2OC[C@@H](O)[C@H](O)[C@H]2O)C(C)(C)[C@@H]4CC[C@H]3[C@]1(C)C(=O)O. The molecule has 46 heavy (non-hydrogen) atoms. The van der Waals surface area contributed by atoms with Crippen molar-refractivity contribution in [3.05, 3.63) is 0 Å². The average molecular weight is 653 g/mol. The topological polar surface area (TPSA) is 183 Å². The number of carbonyl (C=O) groups is 2. The Bertz CT molecular complexity index is 1230. The zero-order chi connectivity index (χ0) is 34.0. The van der Waals surface area contributed by atoms with Gasteiger partial charge in [0.05, 0.1) is 29.6 Å². The molecule has 0 aromatic heterocycles. The first-order valence-corrected chi connectivity index (χ1v) is 17.3. The van der Waals surface area contributed by atoms with Crippen LogP contribution in [0.25, 0.3) is 0 Å². The number of aliphatic hydroxyl groups excluding tert-OH is 4. The number of hydrogen-bond acceptors (Lipinski definition) is 10. The van der Waals surface area contributed by atoms with Gasteiger partial charge in [-0.15, -0.1) is 0 Å². The molecule has 2 spiro atoms. The first kappa shape index (κ1) is 34.5. The summed E-state index contributed by atoms with van der Waals surface area (Å²) in [5, 5.41) is 62.9. The van der Waals surface area contributed by atoms with Crippen LogP contribution in [0.2, 0.25) is 0 Å². The average Bonchev–Trinajstić information content (AvgIpc) is 3.63. The van der Waals surface area contributed by atoms with Crippen molar-refractivity contribution in [1.82, 2.24) is 0 Å². The van der Waals surface area contributed by atoms with Crippen molar-refractivity contribution < 1.29 is 54.4 Å². The van der Waals surface area contributed by atoms with Gasteiger partial charge >= 0.3 is 11.9 Å². The lowest BCUT2D eigenvalue weighted by molar-refractivity contribution is -0.303. The van der Waals surface area contributed by atoms with Crippen LogP contribution in [-0.4, -0.2) is 97.7 Å². The molecule has 0 bridgehead atoms. The molecule has 262 valence electrons. The molecular weight excluding hydrogens is 596 g/mol. The Morgan fingerprint density at radius 2 is 1.61 bits per heavy atom. The van der Waals surface area contributed by atoms with Gasteiger partial charge in [-0.25, -0.2) is 0 Å². The maximum Gasteiger partial charge on any atom is 0.310 e. The second-order valence-corrected chi connectivity index (χ2v) is 17.6. The molecular formula is C35H56O11. The van der Waals surface area contributed by atoms with Crippen LogP contribution in [-0.2, 0) is 23.8 Å². The number of hydrogen-bond donors (Lipinski definition) is 6. The number of cyclic esters (lactones) is 1. The Hall–Kier alpha value is -1.34. The molecule has 15 atom stereocenters. The molecule has 4 aliphatic carbocycles. The number of rotatable bonds is 6. The van der Waals surface area contributed by atoms with Crippen LogP contribution in [0.1, 0.15) is 99.8 Å². The zero-order valence-corrected chi connectivity index (χ0v) is 28.4. The Morgan fingerprint density at radius 3 is 2.22 bits per heavy atom. The summed E-state index contributed by atoms with van der Waals surface area (Å²) in [6.07, 6.45) is -1.45. The summed E-state index contributed by atoms with van der Waals surface area (Å²) in [6, 6.07) is 0. The van der Waals surface area contributed by atoms with Crippen LogP contribution >= 0.6 is 0 Å². The summed E-state index contributed by atoms with van der Waals surface area (Å²) in [4.78, 5) is 27.4. The lowest BCUT2D eigenvalue weighted by Crippen LogP contribution is -2.65. The molecule has 11 heteroatoms. The molecule has 6 aliphatic rings. The van der Waals surface area contributed by atoms with E-state index >= 15 is 0 Å². The van der Waals surface area contributed by atoms with Crippen LogP contribution in [0.3, 0.4) is 0 Å². The summed E-state index contributed by atoms with van der Waals surface area (Å²) < 4.78 is 17.8. The summed E-state index contributed by atoms with van der Waals surface area (Å²) in [6.45, 7) is 13.0. The third kappa shape index (κ3) is 4.54. The maximum absolute atomic E-state index is 13.8. The molecule has 2 aliphatic heterocycles. The fourth-order valence-electron chi connectivity index (χ4n) is 12.1. The third-order valence-corrected chi connectivity index (χ3v) is 14.8. The molecule has 0 unspecified atom stereocenters. The van der Waals surface area contributed by atoms with E-state index in [0.717, 1.165) is 25.7 Å². The Morgan fingerprint density at radius 1 is 0.978 bits per heavy atom. The van der Waals surface area contributed by atoms with Crippen LogP contribution < -0.4 is 0 Å². The van der Waals surface area contributed by atoms with Crippen molar-refractivity contribution in [2.75, 3.05) is 6.61 Å².